The van der Waals surface area contributed by atoms with Crippen molar-refractivity contribution in [2.45, 2.75) is 12.5 Å². The van der Waals surface area contributed by atoms with Gasteiger partial charge >= 0.3 is 5.97 Å². The second kappa shape index (κ2) is 5.15. The third-order valence-corrected chi connectivity index (χ3v) is 3.07. The summed E-state index contributed by atoms with van der Waals surface area (Å²) in [6.45, 7) is 4.58. The smallest absolute Gasteiger partial charge is 0.306 e. The predicted molar refractivity (Wildman–Crippen MR) is 64.4 cm³/mol. The number of methoxy groups -OCH3 is 1. The number of hydrogen-bond acceptors (Lipinski definition) is 3. The van der Waals surface area contributed by atoms with Crippen LogP contribution in [-0.4, -0.2) is 19.7 Å². The van der Waals surface area contributed by atoms with Crippen LogP contribution in [0.1, 0.15) is 18.1 Å². The predicted octanol–water partition coefficient (Wildman–Crippen LogP) is 2.49. The number of ether oxygens (including phenoxy) is 2. The molecule has 0 radical (unpaired) electrons. The fourth-order valence-electron chi connectivity index (χ4n) is 2.05. The fourth-order valence-corrected chi connectivity index (χ4v) is 2.05. The van der Waals surface area contributed by atoms with E-state index in [2.05, 4.69) is 11.3 Å². The van der Waals surface area contributed by atoms with Crippen molar-refractivity contribution in [2.75, 3.05) is 13.7 Å². The van der Waals surface area contributed by atoms with Crippen LogP contribution < -0.4 is 0 Å². The van der Waals surface area contributed by atoms with Gasteiger partial charge in [0, 0.05) is 5.92 Å². The van der Waals surface area contributed by atoms with Crippen molar-refractivity contribution in [2.24, 2.45) is 5.92 Å². The minimum atomic E-state index is -0.214. The van der Waals surface area contributed by atoms with Gasteiger partial charge < -0.3 is 9.47 Å². The normalized spacial score (nSPS) is 23.7. The van der Waals surface area contributed by atoms with Crippen LogP contribution in [0.4, 0.5) is 0 Å². The molecule has 3 nitrogen and oxygen atoms in total. The summed E-state index contributed by atoms with van der Waals surface area (Å²) in [6, 6.07) is 9.93. The SMILES string of the molecule is C=C1[C@H](CC(=O)OC)CO[C@@H]1c1ccccc1. The van der Waals surface area contributed by atoms with Gasteiger partial charge in [-0.1, -0.05) is 36.9 Å². The van der Waals surface area contributed by atoms with Crippen LogP contribution >= 0.6 is 0 Å². The zero-order valence-corrected chi connectivity index (χ0v) is 9.89. The van der Waals surface area contributed by atoms with Crippen LogP contribution in [0.2, 0.25) is 0 Å². The van der Waals surface area contributed by atoms with E-state index in [4.69, 9.17) is 4.74 Å². The molecule has 1 fully saturated rings. The van der Waals surface area contributed by atoms with E-state index >= 15 is 0 Å². The third kappa shape index (κ3) is 2.56. The molecule has 1 aromatic carbocycles. The maximum atomic E-state index is 11.2. The van der Waals surface area contributed by atoms with E-state index in [0.717, 1.165) is 11.1 Å². The van der Waals surface area contributed by atoms with Gasteiger partial charge in [0.1, 0.15) is 6.10 Å². The molecule has 0 aromatic heterocycles. The number of carbonyl (C=O) groups is 1. The Morgan fingerprint density at radius 3 is 2.82 bits per heavy atom. The van der Waals surface area contributed by atoms with E-state index in [1.165, 1.54) is 7.11 Å². The first kappa shape index (κ1) is 11.9. The highest BCUT2D eigenvalue weighted by molar-refractivity contribution is 5.70. The Kier molecular flexibility index (Phi) is 3.59. The van der Waals surface area contributed by atoms with Crippen molar-refractivity contribution in [3.05, 3.63) is 48.0 Å². The molecule has 2 rings (SSSR count). The van der Waals surface area contributed by atoms with E-state index in [1.54, 1.807) is 0 Å². The molecule has 90 valence electrons. The van der Waals surface area contributed by atoms with Crippen molar-refractivity contribution >= 4 is 5.97 Å². The molecular formula is C14H16O3. The van der Waals surface area contributed by atoms with Gasteiger partial charge in [0.05, 0.1) is 20.1 Å². The molecule has 0 saturated carbocycles. The Hall–Kier alpha value is -1.61. The molecule has 1 aliphatic heterocycles. The Morgan fingerprint density at radius 2 is 2.18 bits per heavy atom. The first-order valence-corrected chi connectivity index (χ1v) is 5.64. The lowest BCUT2D eigenvalue weighted by Crippen LogP contribution is -2.11. The average Bonchev–Trinajstić information content (AvgIpc) is 2.72. The number of carbonyl (C=O) groups excluding carboxylic acids is 1. The number of hydrogen-bond donors (Lipinski definition) is 0. The van der Waals surface area contributed by atoms with Crippen LogP contribution in [0.5, 0.6) is 0 Å². The van der Waals surface area contributed by atoms with E-state index in [9.17, 15) is 4.79 Å². The zero-order chi connectivity index (χ0) is 12.3. The lowest BCUT2D eigenvalue weighted by Gasteiger charge is -2.12. The zero-order valence-electron chi connectivity index (χ0n) is 9.89. The summed E-state index contributed by atoms with van der Waals surface area (Å²) in [5.74, 6) is -0.152. The first-order chi connectivity index (χ1) is 8.22. The molecule has 0 N–H and O–H groups in total. The van der Waals surface area contributed by atoms with Crippen LogP contribution in [0, 0.1) is 5.92 Å². The molecule has 3 heteroatoms. The molecule has 0 spiro atoms. The molecule has 0 aliphatic carbocycles. The highest BCUT2D eigenvalue weighted by atomic mass is 16.5. The highest BCUT2D eigenvalue weighted by Crippen LogP contribution is 2.38. The van der Waals surface area contributed by atoms with Gasteiger partial charge in [-0.15, -0.1) is 0 Å². The van der Waals surface area contributed by atoms with Gasteiger partial charge in [-0.3, -0.25) is 4.79 Å². The lowest BCUT2D eigenvalue weighted by molar-refractivity contribution is -0.141. The van der Waals surface area contributed by atoms with Gasteiger partial charge in [0.2, 0.25) is 0 Å². The minimum Gasteiger partial charge on any atom is -0.469 e. The van der Waals surface area contributed by atoms with Crippen molar-refractivity contribution in [1.29, 1.82) is 0 Å². The molecule has 17 heavy (non-hydrogen) atoms. The molecule has 1 aromatic rings. The first-order valence-electron chi connectivity index (χ1n) is 5.64. The molecule has 1 saturated heterocycles. The summed E-state index contributed by atoms with van der Waals surface area (Å²) >= 11 is 0. The van der Waals surface area contributed by atoms with E-state index < -0.39 is 0 Å². The van der Waals surface area contributed by atoms with Crippen molar-refractivity contribution in [1.82, 2.24) is 0 Å². The highest BCUT2D eigenvalue weighted by Gasteiger charge is 2.32. The lowest BCUT2D eigenvalue weighted by atomic mass is 9.93. The van der Waals surface area contributed by atoms with Gasteiger partial charge in [-0.05, 0) is 11.1 Å². The van der Waals surface area contributed by atoms with Crippen molar-refractivity contribution < 1.29 is 14.3 Å². The van der Waals surface area contributed by atoms with Crippen LogP contribution in [-0.2, 0) is 14.3 Å². The Bertz CT molecular complexity index is 411. The van der Waals surface area contributed by atoms with Gasteiger partial charge in [-0.2, -0.15) is 0 Å². The average molecular weight is 232 g/mol. The molecule has 0 amide bonds. The second-order valence-corrected chi connectivity index (χ2v) is 4.18. The maximum absolute atomic E-state index is 11.2. The summed E-state index contributed by atoms with van der Waals surface area (Å²) in [6.07, 6.45) is 0.254. The summed E-state index contributed by atoms with van der Waals surface area (Å²) in [4.78, 5) is 11.2. The van der Waals surface area contributed by atoms with Crippen LogP contribution in [0.15, 0.2) is 42.5 Å². The monoisotopic (exact) mass is 232 g/mol. The molecule has 1 heterocycles. The summed E-state index contributed by atoms with van der Waals surface area (Å²) in [7, 11) is 1.40. The van der Waals surface area contributed by atoms with Gasteiger partial charge in [0.15, 0.2) is 0 Å². The Labute approximate surface area is 101 Å². The Morgan fingerprint density at radius 1 is 1.47 bits per heavy atom. The third-order valence-electron chi connectivity index (χ3n) is 3.07. The van der Waals surface area contributed by atoms with E-state index in [-0.39, 0.29) is 18.0 Å². The van der Waals surface area contributed by atoms with Crippen molar-refractivity contribution in [3.63, 3.8) is 0 Å². The van der Waals surface area contributed by atoms with Gasteiger partial charge in [0.25, 0.3) is 0 Å². The standard InChI is InChI=1S/C14H16O3/c1-10-12(8-13(15)16-2)9-17-14(10)11-6-4-3-5-7-11/h3-7,12,14H,1,8-9H2,2H3/t12-,14+/m1/s1. The second-order valence-electron chi connectivity index (χ2n) is 4.18. The van der Waals surface area contributed by atoms with Crippen LogP contribution in [0.3, 0.4) is 0 Å². The number of benzene rings is 1. The molecule has 1 aliphatic rings. The number of rotatable bonds is 3. The molecular weight excluding hydrogens is 216 g/mol. The number of esters is 1. The summed E-state index contributed by atoms with van der Waals surface area (Å²) in [5.41, 5.74) is 2.05. The summed E-state index contributed by atoms with van der Waals surface area (Å²) < 4.78 is 10.4. The van der Waals surface area contributed by atoms with Crippen molar-refractivity contribution in [3.8, 4) is 0 Å². The molecule has 0 unspecified atom stereocenters. The van der Waals surface area contributed by atoms with E-state index in [0.29, 0.717) is 13.0 Å². The summed E-state index contributed by atoms with van der Waals surface area (Å²) in [5, 5.41) is 0. The van der Waals surface area contributed by atoms with E-state index in [1.807, 2.05) is 30.3 Å². The quantitative estimate of drug-likeness (QED) is 0.593. The minimum absolute atomic E-state index is 0.0626. The topological polar surface area (TPSA) is 35.5 Å². The maximum Gasteiger partial charge on any atom is 0.306 e. The van der Waals surface area contributed by atoms with Crippen LogP contribution in [0.25, 0.3) is 0 Å². The molecule has 2 atom stereocenters. The van der Waals surface area contributed by atoms with Gasteiger partial charge in [-0.25, -0.2) is 0 Å². The largest absolute Gasteiger partial charge is 0.469 e. The Balaban J connectivity index is 2.05. The fraction of sp³-hybridized carbons (Fsp3) is 0.357. The molecule has 0 bridgehead atoms.